The van der Waals surface area contributed by atoms with E-state index in [1.54, 1.807) is 18.5 Å². The molecule has 1 saturated carbocycles. The summed E-state index contributed by atoms with van der Waals surface area (Å²) in [4.78, 5) is 20.7. The van der Waals surface area contributed by atoms with Gasteiger partial charge in [-0.2, -0.15) is 9.97 Å². The summed E-state index contributed by atoms with van der Waals surface area (Å²) in [5.41, 5.74) is 10.7. The Morgan fingerprint density at radius 2 is 2.03 bits per heavy atom. The second-order valence-corrected chi connectivity index (χ2v) is 9.45. The van der Waals surface area contributed by atoms with Crippen LogP contribution in [0.5, 0.6) is 11.8 Å². The van der Waals surface area contributed by atoms with Crippen LogP contribution in [-0.2, 0) is 12.8 Å². The highest BCUT2D eigenvalue weighted by molar-refractivity contribution is 5.88. The molecular weight excluding hydrogens is 433 g/mol. The Balaban J connectivity index is 1.42. The van der Waals surface area contributed by atoms with Gasteiger partial charge in [0, 0.05) is 49.8 Å². The van der Waals surface area contributed by atoms with E-state index >= 15 is 0 Å². The predicted molar refractivity (Wildman–Crippen MR) is 128 cm³/mol. The molecule has 1 saturated heterocycles. The van der Waals surface area contributed by atoms with Crippen molar-refractivity contribution in [1.29, 1.82) is 0 Å². The Morgan fingerprint density at radius 1 is 1.21 bits per heavy atom. The number of benzene rings is 1. The van der Waals surface area contributed by atoms with E-state index in [1.807, 2.05) is 7.05 Å². The average molecular weight is 462 g/mol. The first-order chi connectivity index (χ1) is 16.5. The molecule has 176 valence electrons. The summed E-state index contributed by atoms with van der Waals surface area (Å²) in [7, 11) is 1.81. The number of halogens is 1. The summed E-state index contributed by atoms with van der Waals surface area (Å²) >= 11 is 0. The van der Waals surface area contributed by atoms with Gasteiger partial charge in [-0.25, -0.2) is 14.4 Å². The number of aromatic nitrogens is 4. The first-order valence-corrected chi connectivity index (χ1v) is 12.0. The zero-order valence-electron chi connectivity index (χ0n) is 19.4. The van der Waals surface area contributed by atoms with Gasteiger partial charge in [-0.3, -0.25) is 0 Å². The first-order valence-electron chi connectivity index (χ1n) is 12.0. The number of fused-ring (bicyclic) bond motifs is 5. The van der Waals surface area contributed by atoms with E-state index in [2.05, 4.69) is 27.1 Å². The van der Waals surface area contributed by atoms with Crippen molar-refractivity contribution in [2.24, 2.45) is 11.7 Å². The highest BCUT2D eigenvalue weighted by Gasteiger charge is 2.45. The summed E-state index contributed by atoms with van der Waals surface area (Å²) in [5.74, 6) is 2.24. The Kier molecular flexibility index (Phi) is 5.09. The molecular formula is C25H28FN7O. The van der Waals surface area contributed by atoms with E-state index in [9.17, 15) is 4.39 Å². The topological polar surface area (TPSA) is 102 Å². The van der Waals surface area contributed by atoms with Gasteiger partial charge in [-0.1, -0.05) is 6.92 Å². The fourth-order valence-corrected chi connectivity index (χ4v) is 5.68. The van der Waals surface area contributed by atoms with Gasteiger partial charge in [0.05, 0.1) is 18.1 Å². The van der Waals surface area contributed by atoms with Crippen LogP contribution in [0.1, 0.15) is 43.3 Å². The molecule has 3 atom stereocenters. The van der Waals surface area contributed by atoms with Gasteiger partial charge in [0.1, 0.15) is 17.5 Å². The van der Waals surface area contributed by atoms with Gasteiger partial charge in [-0.15, -0.1) is 0 Å². The van der Waals surface area contributed by atoms with Gasteiger partial charge in [0.2, 0.25) is 0 Å². The van der Waals surface area contributed by atoms with Gasteiger partial charge in [0.25, 0.3) is 0 Å². The highest BCUT2D eigenvalue weighted by Crippen LogP contribution is 2.48. The van der Waals surface area contributed by atoms with Crippen LogP contribution in [0, 0.1) is 11.7 Å². The summed E-state index contributed by atoms with van der Waals surface area (Å²) in [6.45, 7) is 2.93. The molecule has 3 heterocycles. The fraction of sp³-hybridized carbons (Fsp3) is 0.440. The van der Waals surface area contributed by atoms with Gasteiger partial charge in [-0.05, 0) is 48.4 Å². The van der Waals surface area contributed by atoms with Crippen LogP contribution in [-0.4, -0.2) is 45.6 Å². The number of rotatable bonds is 6. The molecule has 3 unspecified atom stereocenters. The molecule has 1 aromatic carbocycles. The Morgan fingerprint density at radius 3 is 2.71 bits per heavy atom. The standard InChI is InChI=1S/C25H28FN7O/c1-3-4-22-29-10-16(11-30-22)34-25-31-21-9-17-18(6-14(26)7-20(17)28-2)23(21)24(32-25)33-12-13-5-15(33)8-19(13)27/h6-7,10-11,13,15,19,28H,3-5,8-9,12,27H2,1-2H3. The maximum atomic E-state index is 14.5. The van der Waals surface area contributed by atoms with E-state index in [1.165, 1.54) is 6.07 Å². The van der Waals surface area contributed by atoms with Crippen LogP contribution in [0.4, 0.5) is 15.9 Å². The quantitative estimate of drug-likeness (QED) is 0.448. The van der Waals surface area contributed by atoms with Gasteiger partial charge < -0.3 is 20.7 Å². The lowest BCUT2D eigenvalue weighted by Crippen LogP contribution is -2.41. The second-order valence-electron chi connectivity index (χ2n) is 9.45. The minimum Gasteiger partial charge on any atom is -0.421 e. The molecule has 9 heteroatoms. The lowest BCUT2D eigenvalue weighted by atomic mass is 10.0. The molecule has 2 bridgehead atoms. The molecule has 8 nitrogen and oxygen atoms in total. The minimum atomic E-state index is -0.281. The number of nitrogens with zero attached hydrogens (tertiary/aromatic N) is 5. The summed E-state index contributed by atoms with van der Waals surface area (Å²) in [6, 6.07) is 3.93. The number of anilines is 2. The van der Waals surface area contributed by atoms with Crippen molar-refractivity contribution in [3.8, 4) is 22.9 Å². The number of ether oxygens (including phenoxy) is 1. The molecule has 0 amide bonds. The molecule has 0 radical (unpaired) electrons. The molecule has 34 heavy (non-hydrogen) atoms. The number of nitrogens with one attached hydrogen (secondary N) is 1. The summed E-state index contributed by atoms with van der Waals surface area (Å²) in [5, 5.41) is 3.13. The van der Waals surface area contributed by atoms with Crippen molar-refractivity contribution < 1.29 is 9.13 Å². The van der Waals surface area contributed by atoms with Crippen molar-refractivity contribution in [2.75, 3.05) is 23.8 Å². The molecule has 3 aliphatic rings. The van der Waals surface area contributed by atoms with E-state index in [0.29, 0.717) is 24.1 Å². The third-order valence-corrected chi connectivity index (χ3v) is 7.27. The van der Waals surface area contributed by atoms with Crippen LogP contribution < -0.4 is 20.7 Å². The molecule has 0 spiro atoms. The normalized spacial score (nSPS) is 22.1. The van der Waals surface area contributed by atoms with Gasteiger partial charge in [0.15, 0.2) is 5.75 Å². The van der Waals surface area contributed by atoms with E-state index in [0.717, 1.165) is 71.9 Å². The maximum absolute atomic E-state index is 14.5. The van der Waals surface area contributed by atoms with Crippen LogP contribution in [0.3, 0.4) is 0 Å². The average Bonchev–Trinajstić information content (AvgIpc) is 3.51. The third kappa shape index (κ3) is 3.46. The van der Waals surface area contributed by atoms with Crippen molar-refractivity contribution in [1.82, 2.24) is 19.9 Å². The van der Waals surface area contributed by atoms with Crippen molar-refractivity contribution in [2.45, 2.75) is 51.1 Å². The number of hydrogen-bond donors (Lipinski definition) is 2. The predicted octanol–water partition coefficient (Wildman–Crippen LogP) is 3.69. The van der Waals surface area contributed by atoms with Crippen molar-refractivity contribution >= 4 is 11.5 Å². The smallest absolute Gasteiger partial charge is 0.324 e. The number of hydrogen-bond acceptors (Lipinski definition) is 8. The van der Waals surface area contributed by atoms with E-state index < -0.39 is 0 Å². The lowest BCUT2D eigenvalue weighted by Gasteiger charge is -2.32. The summed E-state index contributed by atoms with van der Waals surface area (Å²) in [6.07, 6.45) is 7.70. The Bertz CT molecular complexity index is 1250. The SMILES string of the molecule is CCCc1ncc(Oc2nc3c(c(N4CC5CC4CC5N)n2)-c2cc(F)cc(NC)c2C3)cn1. The second kappa shape index (κ2) is 8.16. The van der Waals surface area contributed by atoms with Crippen LogP contribution in [0.2, 0.25) is 0 Å². The van der Waals surface area contributed by atoms with Crippen LogP contribution in [0.25, 0.3) is 11.1 Å². The summed E-state index contributed by atoms with van der Waals surface area (Å²) < 4.78 is 20.5. The molecule has 6 rings (SSSR count). The van der Waals surface area contributed by atoms with Gasteiger partial charge >= 0.3 is 6.01 Å². The van der Waals surface area contributed by atoms with E-state index in [4.69, 9.17) is 20.4 Å². The minimum absolute atomic E-state index is 0.228. The maximum Gasteiger partial charge on any atom is 0.324 e. The highest BCUT2D eigenvalue weighted by atomic mass is 19.1. The number of aryl methyl sites for hydroxylation is 1. The molecule has 2 fully saturated rings. The molecule has 2 aromatic heterocycles. The van der Waals surface area contributed by atoms with E-state index in [-0.39, 0.29) is 17.9 Å². The zero-order valence-corrected chi connectivity index (χ0v) is 19.4. The van der Waals surface area contributed by atoms with Crippen LogP contribution >= 0.6 is 0 Å². The first kappa shape index (κ1) is 21.2. The zero-order chi connectivity index (χ0) is 23.4. The molecule has 3 aromatic rings. The third-order valence-electron chi connectivity index (χ3n) is 7.27. The molecule has 1 aliphatic heterocycles. The molecule has 2 aliphatic carbocycles. The van der Waals surface area contributed by atoms with Crippen molar-refractivity contribution in [3.05, 3.63) is 47.4 Å². The fourth-order valence-electron chi connectivity index (χ4n) is 5.68. The monoisotopic (exact) mass is 461 g/mol. The number of nitrogens with two attached hydrogens (primary N) is 1. The Hall–Kier alpha value is -3.33. The van der Waals surface area contributed by atoms with Crippen molar-refractivity contribution in [3.63, 3.8) is 0 Å². The Labute approximate surface area is 197 Å². The molecule has 3 N–H and O–H groups in total. The van der Waals surface area contributed by atoms with Crippen LogP contribution in [0.15, 0.2) is 24.5 Å². The lowest BCUT2D eigenvalue weighted by molar-refractivity contribution is 0.431. The largest absolute Gasteiger partial charge is 0.421 e. The number of piperidine rings is 1.